The Labute approximate surface area is 152 Å². The lowest BCUT2D eigenvalue weighted by Gasteiger charge is -2.16. The Morgan fingerprint density at radius 2 is 1.72 bits per heavy atom. The highest BCUT2D eigenvalue weighted by Gasteiger charge is 2.35. The van der Waals surface area contributed by atoms with Gasteiger partial charge in [-0.1, -0.05) is 17.7 Å². The molecule has 0 aliphatic carbocycles. The van der Waals surface area contributed by atoms with E-state index in [1.165, 1.54) is 16.0 Å². The lowest BCUT2D eigenvalue weighted by atomic mass is 10.1. The Morgan fingerprint density at radius 1 is 1.00 bits per heavy atom. The molecule has 0 aromatic heterocycles. The van der Waals surface area contributed by atoms with E-state index in [1.54, 1.807) is 18.2 Å². The molecule has 4 nitrogen and oxygen atoms in total. The number of carbonyl (C=O) groups is 2. The second-order valence-corrected chi connectivity index (χ2v) is 6.76. The molecule has 1 heterocycles. The van der Waals surface area contributed by atoms with E-state index >= 15 is 0 Å². The maximum absolute atomic E-state index is 12.1. The molecule has 0 spiro atoms. The largest absolute Gasteiger partial charge is 0.494 e. The number of amides is 1. The van der Waals surface area contributed by atoms with Crippen LogP contribution in [0.5, 0.6) is 5.75 Å². The van der Waals surface area contributed by atoms with Crippen LogP contribution in [0, 0.1) is 13.8 Å². The molecule has 0 saturated carbocycles. The maximum atomic E-state index is 12.1. The summed E-state index contributed by atoms with van der Waals surface area (Å²) in [4.78, 5) is 25.7. The average Bonchev–Trinajstić information content (AvgIpc) is 2.78. The molecule has 0 N–H and O–H groups in total. The summed E-state index contributed by atoms with van der Waals surface area (Å²) in [5.74, 6) is -0.0959. The Morgan fingerprint density at radius 3 is 2.44 bits per heavy atom. The highest BCUT2D eigenvalue weighted by molar-refractivity contribution is 6.52. The van der Waals surface area contributed by atoms with Crippen molar-refractivity contribution in [3.05, 3.63) is 58.1 Å². The zero-order valence-electron chi connectivity index (χ0n) is 14.3. The van der Waals surface area contributed by atoms with Gasteiger partial charge in [0.25, 0.3) is 11.7 Å². The number of rotatable bonds is 6. The van der Waals surface area contributed by atoms with Gasteiger partial charge in [-0.3, -0.25) is 9.59 Å². The van der Waals surface area contributed by atoms with Crippen LogP contribution in [0.4, 0.5) is 5.69 Å². The van der Waals surface area contributed by atoms with Gasteiger partial charge in [0.15, 0.2) is 0 Å². The van der Waals surface area contributed by atoms with E-state index in [9.17, 15) is 9.59 Å². The highest BCUT2D eigenvalue weighted by atomic mass is 35.5. The number of ether oxygens (including phenoxy) is 1. The summed E-state index contributed by atoms with van der Waals surface area (Å²) in [6.45, 7) is 5.15. The second-order valence-electron chi connectivity index (χ2n) is 6.33. The molecule has 3 rings (SSSR count). The smallest absolute Gasteiger partial charge is 0.299 e. The van der Waals surface area contributed by atoms with Crippen molar-refractivity contribution in [1.82, 2.24) is 0 Å². The van der Waals surface area contributed by atoms with Crippen molar-refractivity contribution in [2.45, 2.75) is 26.7 Å². The SMILES string of the molecule is Cc1cc(C)cc(OCCCCN2C(=O)C(=O)c3cc(Cl)ccc32)c1. The fourth-order valence-corrected chi connectivity index (χ4v) is 3.25. The number of nitrogens with zero attached hydrogens (tertiary/aromatic N) is 1. The van der Waals surface area contributed by atoms with Gasteiger partial charge in [-0.25, -0.2) is 0 Å². The molecule has 0 unspecified atom stereocenters. The van der Waals surface area contributed by atoms with Crippen molar-refractivity contribution >= 4 is 29.0 Å². The molecule has 0 bridgehead atoms. The first kappa shape index (κ1) is 17.5. The zero-order valence-corrected chi connectivity index (χ0v) is 15.1. The molecule has 0 atom stereocenters. The minimum absolute atomic E-state index is 0.393. The van der Waals surface area contributed by atoms with Crippen LogP contribution in [0.3, 0.4) is 0 Å². The zero-order chi connectivity index (χ0) is 18.0. The van der Waals surface area contributed by atoms with Crippen LogP contribution in [-0.4, -0.2) is 24.8 Å². The average molecular weight is 358 g/mol. The normalized spacial score (nSPS) is 13.3. The summed E-state index contributed by atoms with van der Waals surface area (Å²) in [6, 6.07) is 11.1. The molecule has 2 aromatic carbocycles. The summed E-state index contributed by atoms with van der Waals surface area (Å²) in [5.41, 5.74) is 3.39. The van der Waals surface area contributed by atoms with E-state index in [-0.39, 0.29) is 0 Å². The Balaban J connectivity index is 1.53. The molecule has 130 valence electrons. The molecule has 1 aliphatic heterocycles. The maximum Gasteiger partial charge on any atom is 0.299 e. The molecule has 1 aliphatic rings. The van der Waals surface area contributed by atoms with Gasteiger partial charge < -0.3 is 9.64 Å². The van der Waals surface area contributed by atoms with E-state index in [0.29, 0.717) is 29.4 Å². The van der Waals surface area contributed by atoms with E-state index < -0.39 is 11.7 Å². The van der Waals surface area contributed by atoms with Gasteiger partial charge in [0, 0.05) is 11.6 Å². The highest BCUT2D eigenvalue weighted by Crippen LogP contribution is 2.31. The van der Waals surface area contributed by atoms with Crippen molar-refractivity contribution in [3.63, 3.8) is 0 Å². The molecular weight excluding hydrogens is 338 g/mol. The number of unbranched alkanes of at least 4 members (excludes halogenated alkanes) is 1. The number of aryl methyl sites for hydroxylation is 2. The van der Waals surface area contributed by atoms with Crippen LogP contribution in [0.1, 0.15) is 34.3 Å². The molecule has 0 fully saturated rings. The molecule has 0 saturated heterocycles. The van der Waals surface area contributed by atoms with Crippen molar-refractivity contribution in [3.8, 4) is 5.75 Å². The number of hydrogen-bond donors (Lipinski definition) is 0. The minimum Gasteiger partial charge on any atom is -0.494 e. The van der Waals surface area contributed by atoms with Gasteiger partial charge in [0.2, 0.25) is 0 Å². The molecule has 25 heavy (non-hydrogen) atoms. The van der Waals surface area contributed by atoms with Crippen LogP contribution in [0.2, 0.25) is 5.02 Å². The Hall–Kier alpha value is -2.33. The van der Waals surface area contributed by atoms with Crippen molar-refractivity contribution in [2.24, 2.45) is 0 Å². The lowest BCUT2D eigenvalue weighted by molar-refractivity contribution is -0.114. The summed E-state index contributed by atoms with van der Waals surface area (Å²) >= 11 is 5.91. The van der Waals surface area contributed by atoms with Gasteiger partial charge >= 0.3 is 0 Å². The number of anilines is 1. The van der Waals surface area contributed by atoms with Crippen molar-refractivity contribution in [1.29, 1.82) is 0 Å². The van der Waals surface area contributed by atoms with Crippen LogP contribution in [-0.2, 0) is 4.79 Å². The molecular formula is C20H20ClNO3. The number of hydrogen-bond acceptors (Lipinski definition) is 3. The number of benzene rings is 2. The van der Waals surface area contributed by atoms with Crippen LogP contribution in [0.25, 0.3) is 0 Å². The van der Waals surface area contributed by atoms with E-state index in [0.717, 1.165) is 18.6 Å². The summed E-state index contributed by atoms with van der Waals surface area (Å²) in [7, 11) is 0. The van der Waals surface area contributed by atoms with Crippen molar-refractivity contribution in [2.75, 3.05) is 18.1 Å². The Kier molecular flexibility index (Phi) is 5.09. The van der Waals surface area contributed by atoms with Crippen LogP contribution < -0.4 is 9.64 Å². The molecule has 2 aromatic rings. The predicted octanol–water partition coefficient (Wildman–Crippen LogP) is 4.35. The first-order chi connectivity index (χ1) is 12.0. The van der Waals surface area contributed by atoms with E-state index in [4.69, 9.17) is 16.3 Å². The first-order valence-electron chi connectivity index (χ1n) is 8.32. The molecule has 5 heteroatoms. The van der Waals surface area contributed by atoms with Gasteiger partial charge in [0.05, 0.1) is 17.9 Å². The minimum atomic E-state index is -0.482. The van der Waals surface area contributed by atoms with Crippen LogP contribution >= 0.6 is 11.6 Å². The quantitative estimate of drug-likeness (QED) is 0.570. The number of ketones is 1. The fourth-order valence-electron chi connectivity index (χ4n) is 3.07. The van der Waals surface area contributed by atoms with Crippen molar-refractivity contribution < 1.29 is 14.3 Å². The third-order valence-electron chi connectivity index (χ3n) is 4.17. The van der Waals surface area contributed by atoms with Gasteiger partial charge in [0.1, 0.15) is 5.75 Å². The summed E-state index contributed by atoms with van der Waals surface area (Å²) < 4.78 is 5.78. The van der Waals surface area contributed by atoms with Crippen LogP contribution in [0.15, 0.2) is 36.4 Å². The monoisotopic (exact) mass is 357 g/mol. The fraction of sp³-hybridized carbons (Fsp3) is 0.300. The number of fused-ring (bicyclic) bond motifs is 1. The number of halogens is 1. The standard InChI is InChI=1S/C20H20ClNO3/c1-13-9-14(2)11-16(10-13)25-8-4-3-7-22-18-6-5-15(21)12-17(18)19(23)20(22)24/h5-6,9-12H,3-4,7-8H2,1-2H3. The third-order valence-corrected chi connectivity index (χ3v) is 4.41. The first-order valence-corrected chi connectivity index (χ1v) is 8.70. The number of Topliss-reactive ketones (excluding diaryl/α,β-unsaturated/α-hetero) is 1. The molecule has 0 radical (unpaired) electrons. The molecule has 1 amide bonds. The third kappa shape index (κ3) is 3.85. The number of carbonyl (C=O) groups excluding carboxylic acids is 2. The van der Waals surface area contributed by atoms with E-state index in [2.05, 4.69) is 6.07 Å². The van der Waals surface area contributed by atoms with Gasteiger partial charge in [-0.15, -0.1) is 0 Å². The topological polar surface area (TPSA) is 46.6 Å². The van der Waals surface area contributed by atoms with Gasteiger partial charge in [-0.2, -0.15) is 0 Å². The predicted molar refractivity (Wildman–Crippen MR) is 98.8 cm³/mol. The lowest BCUT2D eigenvalue weighted by Crippen LogP contribution is -2.30. The second kappa shape index (κ2) is 7.28. The summed E-state index contributed by atoms with van der Waals surface area (Å²) in [6.07, 6.45) is 1.56. The summed E-state index contributed by atoms with van der Waals surface area (Å²) in [5, 5.41) is 0.462. The van der Waals surface area contributed by atoms with Gasteiger partial charge in [-0.05, 0) is 68.1 Å². The Bertz CT molecular complexity index is 811. The van der Waals surface area contributed by atoms with E-state index in [1.807, 2.05) is 26.0 Å².